The van der Waals surface area contributed by atoms with Crippen LogP contribution < -0.4 is 5.56 Å². The largest absolute Gasteiger partial charge is 0.417 e. The average molecular weight is 469 g/mol. The van der Waals surface area contributed by atoms with Crippen molar-refractivity contribution in [1.29, 1.82) is 0 Å². The van der Waals surface area contributed by atoms with Crippen molar-refractivity contribution in [2.45, 2.75) is 32.1 Å². The third-order valence-corrected chi connectivity index (χ3v) is 5.86. The summed E-state index contributed by atoms with van der Waals surface area (Å²) < 4.78 is 42.8. The summed E-state index contributed by atoms with van der Waals surface area (Å²) in [6.07, 6.45) is -0.129. The molecule has 3 aromatic rings. The number of rotatable bonds is 5. The Kier molecular flexibility index (Phi) is 6.00. The van der Waals surface area contributed by atoms with E-state index in [1.54, 1.807) is 4.90 Å². The summed E-state index contributed by atoms with van der Waals surface area (Å²) in [5.74, 6) is -0.215. The van der Waals surface area contributed by atoms with Gasteiger partial charge in [-0.15, -0.1) is 0 Å². The summed E-state index contributed by atoms with van der Waals surface area (Å²) in [5, 5.41) is 8.98. The van der Waals surface area contributed by atoms with Crippen LogP contribution in [0.4, 0.5) is 13.2 Å². The Morgan fingerprint density at radius 1 is 1.19 bits per heavy atom. The third-order valence-electron chi connectivity index (χ3n) is 5.53. The summed E-state index contributed by atoms with van der Waals surface area (Å²) in [5.41, 5.74) is -1.000. The maximum Gasteiger partial charge on any atom is 0.417 e. The molecule has 0 spiro atoms. The molecule has 4 rings (SSSR count). The van der Waals surface area contributed by atoms with Crippen LogP contribution in [-0.2, 0) is 24.1 Å². The molecule has 0 bridgehead atoms. The molecule has 11 heteroatoms. The first-order valence-electron chi connectivity index (χ1n) is 10.0. The number of alkyl halides is 3. The second-order valence-electron chi connectivity index (χ2n) is 7.62. The fourth-order valence-corrected chi connectivity index (χ4v) is 4.17. The van der Waals surface area contributed by atoms with E-state index < -0.39 is 22.3 Å². The fraction of sp³-hybridized carbons (Fsp3) is 0.381. The lowest BCUT2D eigenvalue weighted by Gasteiger charge is -2.16. The molecule has 0 radical (unpaired) electrons. The van der Waals surface area contributed by atoms with Gasteiger partial charge in [-0.25, -0.2) is 4.98 Å². The SMILES string of the molecule is O=C(Cn1cnc2c(c(-c3ccc(Cl)c(C(F)(F)F)c3)cn2CCO)c1=O)N1CCCC1. The molecule has 1 fully saturated rings. The van der Waals surface area contributed by atoms with Crippen molar-refractivity contribution in [2.75, 3.05) is 19.7 Å². The number of aliphatic hydroxyl groups is 1. The number of fused-ring (bicyclic) bond motifs is 1. The predicted octanol–water partition coefficient (Wildman–Crippen LogP) is 3.15. The lowest BCUT2D eigenvalue weighted by molar-refractivity contribution is -0.137. The van der Waals surface area contributed by atoms with Crippen LogP contribution in [0, 0.1) is 0 Å². The minimum atomic E-state index is -4.67. The van der Waals surface area contributed by atoms with Gasteiger partial charge in [-0.1, -0.05) is 17.7 Å². The minimum Gasteiger partial charge on any atom is -0.395 e. The maximum atomic E-state index is 13.4. The second-order valence-corrected chi connectivity index (χ2v) is 8.02. The Labute approximate surface area is 185 Å². The van der Waals surface area contributed by atoms with Gasteiger partial charge in [0.15, 0.2) is 0 Å². The number of carbonyl (C=O) groups excluding carboxylic acids is 1. The van der Waals surface area contributed by atoms with Crippen molar-refractivity contribution >= 4 is 28.5 Å². The minimum absolute atomic E-state index is 0.0746. The number of aromatic nitrogens is 3. The molecule has 1 N–H and O–H groups in total. The Bertz CT molecular complexity index is 1230. The van der Waals surface area contributed by atoms with E-state index in [2.05, 4.69) is 4.98 Å². The molecule has 0 atom stereocenters. The van der Waals surface area contributed by atoms with Gasteiger partial charge < -0.3 is 14.6 Å². The van der Waals surface area contributed by atoms with Gasteiger partial charge in [0.2, 0.25) is 5.91 Å². The first-order valence-corrected chi connectivity index (χ1v) is 10.4. The quantitative estimate of drug-likeness (QED) is 0.624. The smallest absolute Gasteiger partial charge is 0.395 e. The standard InChI is InChI=1S/C21H20ClF3N4O3/c22-16-4-3-13(9-15(16)21(23,24)25)14-10-28(7-8-30)19-18(14)20(32)29(12-26-19)11-17(31)27-5-1-2-6-27/h3-4,9-10,12,30H,1-2,5-8,11H2. The van der Waals surface area contributed by atoms with Crippen molar-refractivity contribution in [3.8, 4) is 11.1 Å². The highest BCUT2D eigenvalue weighted by atomic mass is 35.5. The number of nitrogens with zero attached hydrogens (tertiary/aromatic N) is 4. The first-order chi connectivity index (χ1) is 15.2. The van der Waals surface area contributed by atoms with Crippen molar-refractivity contribution < 1.29 is 23.1 Å². The predicted molar refractivity (Wildman–Crippen MR) is 112 cm³/mol. The molecule has 0 aliphatic carbocycles. The molecular formula is C21H20ClF3N4O3. The third kappa shape index (κ3) is 4.12. The Hall–Kier alpha value is -2.85. The molecule has 170 valence electrons. The fourth-order valence-electron chi connectivity index (χ4n) is 3.95. The van der Waals surface area contributed by atoms with E-state index in [1.807, 2.05) is 0 Å². The van der Waals surface area contributed by atoms with Gasteiger partial charge in [0.25, 0.3) is 5.56 Å². The Balaban J connectivity index is 1.85. The molecule has 2 aromatic heterocycles. The van der Waals surface area contributed by atoms with Crippen LogP contribution in [0.1, 0.15) is 18.4 Å². The highest BCUT2D eigenvalue weighted by Crippen LogP contribution is 2.38. The zero-order valence-electron chi connectivity index (χ0n) is 16.9. The summed E-state index contributed by atoms with van der Waals surface area (Å²) in [6.45, 7) is 0.898. The number of amides is 1. The number of carbonyl (C=O) groups is 1. The second kappa shape index (κ2) is 8.59. The molecule has 3 heterocycles. The number of benzene rings is 1. The van der Waals surface area contributed by atoms with Crippen LogP contribution in [0.25, 0.3) is 22.2 Å². The summed E-state index contributed by atoms with van der Waals surface area (Å²) in [4.78, 5) is 31.7. The average Bonchev–Trinajstić information content (AvgIpc) is 3.39. The molecule has 1 amide bonds. The number of hydrogen-bond donors (Lipinski definition) is 1. The summed E-state index contributed by atoms with van der Waals surface area (Å²) >= 11 is 5.74. The van der Waals surface area contributed by atoms with Crippen molar-refractivity contribution in [3.05, 3.63) is 51.7 Å². The maximum absolute atomic E-state index is 13.4. The van der Waals surface area contributed by atoms with Crippen LogP contribution in [0.3, 0.4) is 0 Å². The van der Waals surface area contributed by atoms with Crippen LogP contribution in [-0.4, -0.2) is 49.7 Å². The highest BCUT2D eigenvalue weighted by Gasteiger charge is 2.34. The normalized spacial score (nSPS) is 14.5. The zero-order chi connectivity index (χ0) is 23.0. The van der Waals surface area contributed by atoms with Crippen LogP contribution in [0.15, 0.2) is 35.5 Å². The van der Waals surface area contributed by atoms with Crippen LogP contribution in [0.5, 0.6) is 0 Å². The Morgan fingerprint density at radius 3 is 2.56 bits per heavy atom. The topological polar surface area (TPSA) is 80.4 Å². The monoisotopic (exact) mass is 468 g/mol. The van der Waals surface area contributed by atoms with E-state index in [4.69, 9.17) is 11.6 Å². The van der Waals surface area contributed by atoms with Gasteiger partial charge in [0, 0.05) is 31.4 Å². The first kappa shape index (κ1) is 22.3. The molecule has 1 aromatic carbocycles. The lowest BCUT2D eigenvalue weighted by atomic mass is 10.0. The van der Waals surface area contributed by atoms with E-state index in [-0.39, 0.29) is 47.8 Å². The number of likely N-dealkylation sites (tertiary alicyclic amines) is 1. The van der Waals surface area contributed by atoms with Crippen molar-refractivity contribution in [2.24, 2.45) is 0 Å². The van der Waals surface area contributed by atoms with E-state index in [9.17, 15) is 27.9 Å². The van der Waals surface area contributed by atoms with Gasteiger partial charge in [0.1, 0.15) is 18.5 Å². The molecule has 1 aliphatic heterocycles. The van der Waals surface area contributed by atoms with Gasteiger partial charge in [-0.2, -0.15) is 13.2 Å². The summed E-state index contributed by atoms with van der Waals surface area (Å²) in [7, 11) is 0. The van der Waals surface area contributed by atoms with Crippen LogP contribution >= 0.6 is 11.6 Å². The number of halogens is 4. The molecule has 1 saturated heterocycles. The molecule has 7 nitrogen and oxygen atoms in total. The number of hydrogen-bond acceptors (Lipinski definition) is 4. The van der Waals surface area contributed by atoms with Gasteiger partial charge >= 0.3 is 6.18 Å². The van der Waals surface area contributed by atoms with Crippen molar-refractivity contribution in [1.82, 2.24) is 19.0 Å². The molecule has 0 saturated carbocycles. The molecular weight excluding hydrogens is 449 g/mol. The molecule has 32 heavy (non-hydrogen) atoms. The van der Waals surface area contributed by atoms with Gasteiger partial charge in [0.05, 0.1) is 22.6 Å². The van der Waals surface area contributed by atoms with E-state index in [0.717, 1.165) is 29.5 Å². The highest BCUT2D eigenvalue weighted by molar-refractivity contribution is 6.31. The van der Waals surface area contributed by atoms with E-state index in [0.29, 0.717) is 13.1 Å². The van der Waals surface area contributed by atoms with Crippen molar-refractivity contribution in [3.63, 3.8) is 0 Å². The van der Waals surface area contributed by atoms with Gasteiger partial charge in [-0.3, -0.25) is 14.2 Å². The van der Waals surface area contributed by atoms with E-state index >= 15 is 0 Å². The Morgan fingerprint density at radius 2 is 1.91 bits per heavy atom. The zero-order valence-corrected chi connectivity index (χ0v) is 17.7. The molecule has 1 aliphatic rings. The van der Waals surface area contributed by atoms with Crippen LogP contribution in [0.2, 0.25) is 5.02 Å². The molecule has 0 unspecified atom stereocenters. The lowest BCUT2D eigenvalue weighted by Crippen LogP contribution is -2.34. The number of aliphatic hydroxyl groups excluding tert-OH is 1. The van der Waals surface area contributed by atoms with E-state index in [1.165, 1.54) is 23.2 Å². The summed E-state index contributed by atoms with van der Waals surface area (Å²) in [6, 6.07) is 3.40. The van der Waals surface area contributed by atoms with Gasteiger partial charge in [-0.05, 0) is 30.5 Å².